The minimum atomic E-state index is 0.619. The van der Waals surface area contributed by atoms with E-state index in [9.17, 15) is 0 Å². The average molecular weight is 274 g/mol. The molecule has 0 unspecified atom stereocenters. The Morgan fingerprint density at radius 2 is 1.65 bits per heavy atom. The summed E-state index contributed by atoms with van der Waals surface area (Å²) in [5.74, 6) is 4.61. The van der Waals surface area contributed by atoms with Crippen molar-refractivity contribution in [3.8, 4) is 0 Å². The summed E-state index contributed by atoms with van der Waals surface area (Å²) in [6.07, 6.45) is 10.2. The molecule has 0 aromatic rings. The maximum Gasteiger partial charge on any atom is -0.0226 e. The molecule has 0 N–H and O–H groups in total. The first-order valence-corrected chi connectivity index (χ1v) is 9.14. The minimum Gasteiger partial charge on any atom is -0.0679 e. The second kappa shape index (κ2) is 5.18. The van der Waals surface area contributed by atoms with E-state index in [2.05, 4.69) is 34.6 Å². The molecule has 0 heteroatoms. The lowest BCUT2D eigenvalue weighted by Crippen LogP contribution is -2.30. The predicted octanol–water partition coefficient (Wildman–Crippen LogP) is 6.22. The monoisotopic (exact) mass is 274 g/mol. The molecule has 0 saturated heterocycles. The van der Waals surface area contributed by atoms with Crippen molar-refractivity contribution in [1.29, 1.82) is 0 Å². The molecule has 1 fully saturated rings. The molecular formula is C20H34. The molecule has 114 valence electrons. The van der Waals surface area contributed by atoms with E-state index >= 15 is 0 Å². The molecule has 0 aromatic carbocycles. The molecule has 0 amide bonds. The zero-order valence-electron chi connectivity index (χ0n) is 14.3. The first kappa shape index (κ1) is 14.7. The van der Waals surface area contributed by atoms with Crippen molar-refractivity contribution in [2.75, 3.05) is 0 Å². The molecule has 1 saturated carbocycles. The van der Waals surface area contributed by atoms with Crippen molar-refractivity contribution in [3.63, 3.8) is 0 Å². The zero-order chi connectivity index (χ0) is 14.5. The number of allylic oxidation sites excluding steroid dienone is 2. The highest BCUT2D eigenvalue weighted by molar-refractivity contribution is 5.27. The normalized spacial score (nSPS) is 45.3. The van der Waals surface area contributed by atoms with E-state index in [4.69, 9.17) is 0 Å². The van der Waals surface area contributed by atoms with Gasteiger partial charge >= 0.3 is 0 Å². The number of hydrogen-bond acceptors (Lipinski definition) is 0. The Kier molecular flexibility index (Phi) is 3.80. The third kappa shape index (κ3) is 2.28. The quantitative estimate of drug-likeness (QED) is 0.498. The van der Waals surface area contributed by atoms with Crippen molar-refractivity contribution in [3.05, 3.63) is 11.1 Å². The SMILES string of the molecule is CC(C)[C@H]1CC[C@]2(C)CC3=C(CC[C@@H]3C)[C@@H](C)CC[C@@H]12. The maximum absolute atomic E-state index is 2.63. The van der Waals surface area contributed by atoms with Gasteiger partial charge in [-0.1, -0.05) is 45.8 Å². The van der Waals surface area contributed by atoms with Gasteiger partial charge in [-0.05, 0) is 80.0 Å². The number of fused-ring (bicyclic) bond motifs is 1. The van der Waals surface area contributed by atoms with E-state index in [0.717, 1.165) is 29.6 Å². The van der Waals surface area contributed by atoms with Gasteiger partial charge in [0.15, 0.2) is 0 Å². The highest BCUT2D eigenvalue weighted by Crippen LogP contribution is 2.58. The molecule has 20 heavy (non-hydrogen) atoms. The van der Waals surface area contributed by atoms with Gasteiger partial charge in [0, 0.05) is 0 Å². The topological polar surface area (TPSA) is 0 Å². The van der Waals surface area contributed by atoms with E-state index in [-0.39, 0.29) is 0 Å². The van der Waals surface area contributed by atoms with Gasteiger partial charge in [-0.25, -0.2) is 0 Å². The summed E-state index contributed by atoms with van der Waals surface area (Å²) in [6, 6.07) is 0. The van der Waals surface area contributed by atoms with Crippen LogP contribution in [-0.2, 0) is 0 Å². The fourth-order valence-corrected chi connectivity index (χ4v) is 5.89. The Morgan fingerprint density at radius 1 is 0.950 bits per heavy atom. The summed E-state index contributed by atoms with van der Waals surface area (Å²) in [7, 11) is 0. The molecule has 5 atom stereocenters. The van der Waals surface area contributed by atoms with Gasteiger partial charge in [0.1, 0.15) is 0 Å². The van der Waals surface area contributed by atoms with Crippen LogP contribution in [0.4, 0.5) is 0 Å². The summed E-state index contributed by atoms with van der Waals surface area (Å²) in [6.45, 7) is 12.5. The zero-order valence-corrected chi connectivity index (χ0v) is 14.3. The Hall–Kier alpha value is -0.260. The first-order valence-electron chi connectivity index (χ1n) is 9.14. The molecule has 3 aliphatic carbocycles. The van der Waals surface area contributed by atoms with Gasteiger partial charge in [0.05, 0.1) is 0 Å². The van der Waals surface area contributed by atoms with Gasteiger partial charge in [0.2, 0.25) is 0 Å². The van der Waals surface area contributed by atoms with Crippen molar-refractivity contribution in [1.82, 2.24) is 0 Å². The maximum atomic E-state index is 2.63. The van der Waals surface area contributed by atoms with Gasteiger partial charge in [0.25, 0.3) is 0 Å². The lowest BCUT2D eigenvalue weighted by Gasteiger charge is -2.40. The molecule has 0 spiro atoms. The predicted molar refractivity (Wildman–Crippen MR) is 87.6 cm³/mol. The molecule has 3 rings (SSSR count). The molecule has 0 aromatic heterocycles. The Morgan fingerprint density at radius 3 is 2.35 bits per heavy atom. The second-order valence-corrected chi connectivity index (χ2v) is 8.85. The molecule has 0 bridgehead atoms. The molecule has 0 aliphatic heterocycles. The van der Waals surface area contributed by atoms with Gasteiger partial charge in [-0.2, -0.15) is 0 Å². The summed E-state index contributed by atoms with van der Waals surface area (Å²) in [4.78, 5) is 0. The third-order valence-corrected chi connectivity index (χ3v) is 7.27. The lowest BCUT2D eigenvalue weighted by molar-refractivity contribution is 0.140. The Bertz CT molecular complexity index is 402. The largest absolute Gasteiger partial charge is 0.0679 e. The van der Waals surface area contributed by atoms with Crippen LogP contribution in [0, 0.1) is 35.0 Å². The summed E-state index contributed by atoms with van der Waals surface area (Å²) >= 11 is 0. The fraction of sp³-hybridized carbons (Fsp3) is 0.900. The fourth-order valence-electron chi connectivity index (χ4n) is 5.89. The van der Waals surface area contributed by atoms with Crippen molar-refractivity contribution in [2.24, 2.45) is 35.0 Å². The summed E-state index contributed by atoms with van der Waals surface area (Å²) in [5.41, 5.74) is 4.40. The van der Waals surface area contributed by atoms with Crippen LogP contribution in [0.5, 0.6) is 0 Å². The second-order valence-electron chi connectivity index (χ2n) is 8.85. The van der Waals surface area contributed by atoms with Crippen LogP contribution < -0.4 is 0 Å². The van der Waals surface area contributed by atoms with E-state index in [1.807, 2.05) is 11.1 Å². The van der Waals surface area contributed by atoms with Crippen LogP contribution >= 0.6 is 0 Å². The van der Waals surface area contributed by atoms with Gasteiger partial charge < -0.3 is 0 Å². The van der Waals surface area contributed by atoms with Crippen molar-refractivity contribution < 1.29 is 0 Å². The highest BCUT2D eigenvalue weighted by atomic mass is 14.5. The van der Waals surface area contributed by atoms with Crippen molar-refractivity contribution >= 4 is 0 Å². The van der Waals surface area contributed by atoms with Crippen LogP contribution in [0.3, 0.4) is 0 Å². The number of hydrogen-bond donors (Lipinski definition) is 0. The standard InChI is InChI=1S/C20H34/c1-13(2)16-10-11-20(5)12-18-15(4)6-8-17(18)14(3)7-9-19(16)20/h13-16,19H,6-12H2,1-5H3/t14-,15-,16+,19-,20+/m0/s1. The van der Waals surface area contributed by atoms with Crippen LogP contribution in [0.15, 0.2) is 11.1 Å². The van der Waals surface area contributed by atoms with Gasteiger partial charge in [-0.3, -0.25) is 0 Å². The molecule has 0 radical (unpaired) electrons. The van der Waals surface area contributed by atoms with Crippen LogP contribution in [0.25, 0.3) is 0 Å². The first-order chi connectivity index (χ1) is 9.42. The smallest absolute Gasteiger partial charge is 0.0226 e. The van der Waals surface area contributed by atoms with Crippen LogP contribution in [-0.4, -0.2) is 0 Å². The molecule has 3 aliphatic rings. The van der Waals surface area contributed by atoms with Crippen LogP contribution in [0.2, 0.25) is 0 Å². The molecular weight excluding hydrogens is 240 g/mol. The summed E-state index contributed by atoms with van der Waals surface area (Å²) < 4.78 is 0. The number of rotatable bonds is 1. The van der Waals surface area contributed by atoms with E-state index < -0.39 is 0 Å². The average Bonchev–Trinajstić information content (AvgIpc) is 2.88. The minimum absolute atomic E-state index is 0.619. The molecule has 0 nitrogen and oxygen atoms in total. The van der Waals surface area contributed by atoms with Gasteiger partial charge in [-0.15, -0.1) is 0 Å². The highest BCUT2D eigenvalue weighted by Gasteiger charge is 2.47. The third-order valence-electron chi connectivity index (χ3n) is 7.27. The molecule has 0 heterocycles. The van der Waals surface area contributed by atoms with E-state index in [1.165, 1.54) is 44.9 Å². The Balaban J connectivity index is 1.92. The van der Waals surface area contributed by atoms with E-state index in [1.54, 1.807) is 0 Å². The Labute approximate surface area is 126 Å². The van der Waals surface area contributed by atoms with Crippen LogP contribution in [0.1, 0.15) is 79.6 Å². The van der Waals surface area contributed by atoms with Crippen molar-refractivity contribution in [2.45, 2.75) is 79.6 Å². The summed E-state index contributed by atoms with van der Waals surface area (Å²) in [5, 5.41) is 0. The lowest BCUT2D eigenvalue weighted by atomic mass is 9.65. The van der Waals surface area contributed by atoms with E-state index in [0.29, 0.717) is 5.41 Å².